The first-order valence-electron chi connectivity index (χ1n) is 5.49. The van der Waals surface area contributed by atoms with Crippen molar-refractivity contribution in [1.29, 1.82) is 0 Å². The quantitative estimate of drug-likeness (QED) is 0.849. The predicted octanol–water partition coefficient (Wildman–Crippen LogP) is 1.94. The Kier molecular flexibility index (Phi) is 3.31. The second kappa shape index (κ2) is 4.90. The standard InChI is InChI=1S/C12H16N4/c1-3-11(13-2)12-15-14-9-16(12)10-7-5-4-6-8-10/h4-9,11,13H,3H2,1-2H3. The average Bonchev–Trinajstić information content (AvgIpc) is 2.81. The molecule has 0 aliphatic rings. The van der Waals surface area contributed by atoms with E-state index in [0.717, 1.165) is 17.9 Å². The molecule has 0 spiro atoms. The Morgan fingerprint density at radius 1 is 1.31 bits per heavy atom. The van der Waals surface area contributed by atoms with Crippen LogP contribution in [0.1, 0.15) is 25.2 Å². The molecule has 0 aliphatic heterocycles. The first kappa shape index (κ1) is 10.8. The van der Waals surface area contributed by atoms with Crippen LogP contribution in [0.2, 0.25) is 0 Å². The number of para-hydroxylation sites is 1. The van der Waals surface area contributed by atoms with Crippen LogP contribution in [0.15, 0.2) is 36.7 Å². The Labute approximate surface area is 95.3 Å². The summed E-state index contributed by atoms with van der Waals surface area (Å²) in [4.78, 5) is 0. The van der Waals surface area contributed by atoms with Crippen LogP contribution >= 0.6 is 0 Å². The highest BCUT2D eigenvalue weighted by molar-refractivity contribution is 5.32. The van der Waals surface area contributed by atoms with Crippen LogP contribution in [0.3, 0.4) is 0 Å². The summed E-state index contributed by atoms with van der Waals surface area (Å²) in [7, 11) is 1.94. The number of aromatic nitrogens is 3. The molecule has 16 heavy (non-hydrogen) atoms. The van der Waals surface area contributed by atoms with Gasteiger partial charge in [0, 0.05) is 5.69 Å². The second-order valence-electron chi connectivity index (χ2n) is 3.64. The molecular weight excluding hydrogens is 200 g/mol. The average molecular weight is 216 g/mol. The van der Waals surface area contributed by atoms with Crippen molar-refractivity contribution in [2.24, 2.45) is 0 Å². The minimum Gasteiger partial charge on any atom is -0.310 e. The van der Waals surface area contributed by atoms with E-state index in [1.807, 2.05) is 29.8 Å². The summed E-state index contributed by atoms with van der Waals surface area (Å²) in [5, 5.41) is 11.4. The molecule has 0 bridgehead atoms. The Morgan fingerprint density at radius 3 is 2.69 bits per heavy atom. The van der Waals surface area contributed by atoms with E-state index in [-0.39, 0.29) is 6.04 Å². The fourth-order valence-electron chi connectivity index (χ4n) is 1.78. The first-order valence-corrected chi connectivity index (χ1v) is 5.49. The van der Waals surface area contributed by atoms with Crippen molar-refractivity contribution in [2.45, 2.75) is 19.4 Å². The maximum atomic E-state index is 4.19. The van der Waals surface area contributed by atoms with Crippen LogP contribution in [-0.2, 0) is 0 Å². The second-order valence-corrected chi connectivity index (χ2v) is 3.64. The molecular formula is C12H16N4. The van der Waals surface area contributed by atoms with Gasteiger partial charge in [-0.2, -0.15) is 0 Å². The molecule has 0 saturated heterocycles. The summed E-state index contributed by atoms with van der Waals surface area (Å²) < 4.78 is 2.02. The molecule has 1 heterocycles. The van der Waals surface area contributed by atoms with E-state index in [0.29, 0.717) is 0 Å². The molecule has 4 heteroatoms. The van der Waals surface area contributed by atoms with Crippen molar-refractivity contribution in [2.75, 3.05) is 7.05 Å². The van der Waals surface area contributed by atoms with E-state index >= 15 is 0 Å². The highest BCUT2D eigenvalue weighted by Crippen LogP contribution is 2.17. The lowest BCUT2D eigenvalue weighted by atomic mass is 10.2. The lowest BCUT2D eigenvalue weighted by Crippen LogP contribution is -2.19. The lowest BCUT2D eigenvalue weighted by Gasteiger charge is -2.14. The summed E-state index contributed by atoms with van der Waals surface area (Å²) >= 11 is 0. The molecule has 0 aliphatic carbocycles. The van der Waals surface area contributed by atoms with Gasteiger partial charge in [0.15, 0.2) is 5.82 Å². The molecule has 1 aromatic heterocycles. The smallest absolute Gasteiger partial charge is 0.154 e. The molecule has 1 unspecified atom stereocenters. The topological polar surface area (TPSA) is 42.7 Å². The van der Waals surface area contributed by atoms with E-state index in [2.05, 4.69) is 34.6 Å². The number of rotatable bonds is 4. The third kappa shape index (κ3) is 1.97. The summed E-state index contributed by atoms with van der Waals surface area (Å²) in [5.74, 6) is 0.955. The van der Waals surface area contributed by atoms with Gasteiger partial charge in [0.2, 0.25) is 0 Å². The molecule has 2 rings (SSSR count). The van der Waals surface area contributed by atoms with Gasteiger partial charge in [-0.05, 0) is 25.6 Å². The van der Waals surface area contributed by atoms with Crippen molar-refractivity contribution in [3.05, 3.63) is 42.5 Å². The number of nitrogens with one attached hydrogen (secondary N) is 1. The predicted molar refractivity (Wildman–Crippen MR) is 63.5 cm³/mol. The van der Waals surface area contributed by atoms with Crippen LogP contribution in [-0.4, -0.2) is 21.8 Å². The van der Waals surface area contributed by atoms with Crippen molar-refractivity contribution < 1.29 is 0 Å². The Bertz CT molecular complexity index is 431. The molecule has 2 aromatic rings. The molecule has 0 fully saturated rings. The van der Waals surface area contributed by atoms with Gasteiger partial charge in [0.05, 0.1) is 6.04 Å². The van der Waals surface area contributed by atoms with Gasteiger partial charge in [-0.15, -0.1) is 10.2 Å². The van der Waals surface area contributed by atoms with Gasteiger partial charge in [-0.3, -0.25) is 4.57 Å². The highest BCUT2D eigenvalue weighted by atomic mass is 15.3. The zero-order valence-corrected chi connectivity index (χ0v) is 9.59. The van der Waals surface area contributed by atoms with Crippen LogP contribution < -0.4 is 5.32 Å². The lowest BCUT2D eigenvalue weighted by molar-refractivity contribution is 0.534. The third-order valence-corrected chi connectivity index (χ3v) is 2.68. The van der Waals surface area contributed by atoms with E-state index in [9.17, 15) is 0 Å². The molecule has 0 radical (unpaired) electrons. The number of nitrogens with zero attached hydrogens (tertiary/aromatic N) is 3. The van der Waals surface area contributed by atoms with Crippen LogP contribution in [0.25, 0.3) is 5.69 Å². The molecule has 84 valence electrons. The maximum Gasteiger partial charge on any atom is 0.154 e. The summed E-state index contributed by atoms with van der Waals surface area (Å²) in [5.41, 5.74) is 1.09. The van der Waals surface area contributed by atoms with E-state index in [1.165, 1.54) is 0 Å². The Hall–Kier alpha value is -1.68. The Morgan fingerprint density at radius 2 is 2.06 bits per heavy atom. The fraction of sp³-hybridized carbons (Fsp3) is 0.333. The van der Waals surface area contributed by atoms with E-state index in [1.54, 1.807) is 6.33 Å². The van der Waals surface area contributed by atoms with Crippen molar-refractivity contribution in [3.8, 4) is 5.69 Å². The summed E-state index contributed by atoms with van der Waals surface area (Å²) in [6.45, 7) is 2.13. The normalized spacial score (nSPS) is 12.6. The molecule has 4 nitrogen and oxygen atoms in total. The van der Waals surface area contributed by atoms with Gasteiger partial charge < -0.3 is 5.32 Å². The van der Waals surface area contributed by atoms with Crippen molar-refractivity contribution in [3.63, 3.8) is 0 Å². The summed E-state index contributed by atoms with van der Waals surface area (Å²) in [6, 6.07) is 10.4. The zero-order chi connectivity index (χ0) is 11.4. The SMILES string of the molecule is CCC(NC)c1nncn1-c1ccccc1. The largest absolute Gasteiger partial charge is 0.310 e. The molecule has 1 aromatic carbocycles. The molecule has 0 saturated carbocycles. The number of benzene rings is 1. The van der Waals surface area contributed by atoms with Crippen molar-refractivity contribution in [1.82, 2.24) is 20.1 Å². The van der Waals surface area contributed by atoms with Crippen LogP contribution in [0, 0.1) is 0 Å². The summed E-state index contributed by atoms with van der Waals surface area (Å²) in [6.07, 6.45) is 2.74. The Balaban J connectivity index is 2.40. The van der Waals surface area contributed by atoms with Gasteiger partial charge in [-0.1, -0.05) is 25.1 Å². The van der Waals surface area contributed by atoms with E-state index < -0.39 is 0 Å². The maximum absolute atomic E-state index is 4.19. The minimum absolute atomic E-state index is 0.239. The number of hydrogen-bond acceptors (Lipinski definition) is 3. The van der Waals surface area contributed by atoms with E-state index in [4.69, 9.17) is 0 Å². The van der Waals surface area contributed by atoms with Crippen LogP contribution in [0.5, 0.6) is 0 Å². The third-order valence-electron chi connectivity index (χ3n) is 2.68. The van der Waals surface area contributed by atoms with Gasteiger partial charge in [0.1, 0.15) is 6.33 Å². The van der Waals surface area contributed by atoms with Crippen LogP contribution in [0.4, 0.5) is 0 Å². The molecule has 0 amide bonds. The monoisotopic (exact) mass is 216 g/mol. The first-order chi connectivity index (χ1) is 7.86. The van der Waals surface area contributed by atoms with Gasteiger partial charge in [0.25, 0.3) is 0 Å². The molecule has 1 N–H and O–H groups in total. The highest BCUT2D eigenvalue weighted by Gasteiger charge is 2.14. The fourth-order valence-corrected chi connectivity index (χ4v) is 1.78. The van der Waals surface area contributed by atoms with Gasteiger partial charge in [-0.25, -0.2) is 0 Å². The van der Waals surface area contributed by atoms with Crippen molar-refractivity contribution >= 4 is 0 Å². The molecule has 1 atom stereocenters. The number of hydrogen-bond donors (Lipinski definition) is 1. The minimum atomic E-state index is 0.239. The van der Waals surface area contributed by atoms with Gasteiger partial charge >= 0.3 is 0 Å². The zero-order valence-electron chi connectivity index (χ0n) is 9.59.